The highest BCUT2D eigenvalue weighted by Gasteiger charge is 2.12. The fraction of sp³-hybridized carbons (Fsp3) is 0.273. The van der Waals surface area contributed by atoms with Crippen LogP contribution in [0.5, 0.6) is 0 Å². The van der Waals surface area contributed by atoms with Gasteiger partial charge in [-0.3, -0.25) is 4.79 Å². The Morgan fingerprint density at radius 1 is 1.50 bits per heavy atom. The first-order valence-corrected chi connectivity index (χ1v) is 6.09. The lowest BCUT2D eigenvalue weighted by Gasteiger charge is -2.04. The lowest BCUT2D eigenvalue weighted by molar-refractivity contribution is -0.118. The molecule has 0 aliphatic rings. The van der Waals surface area contributed by atoms with E-state index < -0.39 is 0 Å². The quantitative estimate of drug-likeness (QED) is 0.891. The summed E-state index contributed by atoms with van der Waals surface area (Å²) in [5.41, 5.74) is 0.855. The Balaban J connectivity index is 2.38. The molecule has 5 heteroatoms. The van der Waals surface area contributed by atoms with Gasteiger partial charge in [0.05, 0.1) is 5.52 Å². The van der Waals surface area contributed by atoms with Crippen molar-refractivity contribution in [2.75, 3.05) is 5.32 Å². The Morgan fingerprint density at radius 3 is 2.94 bits per heavy atom. The maximum absolute atomic E-state index is 11.6. The molecule has 0 aliphatic carbocycles. The Morgan fingerprint density at radius 2 is 2.25 bits per heavy atom. The molecule has 1 amide bonds. The number of rotatable bonds is 2. The normalized spacial score (nSPS) is 11.0. The first-order chi connectivity index (χ1) is 7.58. The van der Waals surface area contributed by atoms with Crippen LogP contribution in [-0.4, -0.2) is 10.3 Å². The SMILES string of the molecule is CC(C)C(=O)Nc1snc2ccc(Cl)cc12. The monoisotopic (exact) mass is 254 g/mol. The molecule has 3 nitrogen and oxygen atoms in total. The summed E-state index contributed by atoms with van der Waals surface area (Å²) in [5, 5.41) is 5.15. The first kappa shape index (κ1) is 11.4. The molecule has 1 aromatic carbocycles. The second kappa shape index (κ2) is 4.39. The van der Waals surface area contributed by atoms with Gasteiger partial charge in [0.1, 0.15) is 5.00 Å². The number of nitrogens with zero attached hydrogens (tertiary/aromatic N) is 1. The predicted octanol–water partition coefficient (Wildman–Crippen LogP) is 3.54. The summed E-state index contributed by atoms with van der Waals surface area (Å²) < 4.78 is 4.24. The molecular weight excluding hydrogens is 244 g/mol. The average Bonchev–Trinajstić information content (AvgIpc) is 2.61. The summed E-state index contributed by atoms with van der Waals surface area (Å²) >= 11 is 7.19. The number of halogens is 1. The van der Waals surface area contributed by atoms with Crippen LogP contribution < -0.4 is 5.32 Å². The fourth-order valence-corrected chi connectivity index (χ4v) is 2.19. The lowest BCUT2D eigenvalue weighted by atomic mass is 10.2. The molecule has 0 fully saturated rings. The maximum atomic E-state index is 11.6. The number of carbonyl (C=O) groups excluding carboxylic acids is 1. The van der Waals surface area contributed by atoms with Crippen LogP contribution in [-0.2, 0) is 4.79 Å². The molecule has 2 rings (SSSR count). The molecule has 1 N–H and O–H groups in total. The van der Waals surface area contributed by atoms with Crippen LogP contribution in [0.4, 0.5) is 5.00 Å². The van der Waals surface area contributed by atoms with Crippen LogP contribution in [0, 0.1) is 5.92 Å². The number of aromatic nitrogens is 1. The zero-order valence-electron chi connectivity index (χ0n) is 8.95. The number of benzene rings is 1. The van der Waals surface area contributed by atoms with Gasteiger partial charge in [0.2, 0.25) is 5.91 Å². The van der Waals surface area contributed by atoms with Gasteiger partial charge < -0.3 is 5.32 Å². The zero-order chi connectivity index (χ0) is 11.7. The number of carbonyl (C=O) groups is 1. The molecule has 0 spiro atoms. The van der Waals surface area contributed by atoms with Crippen molar-refractivity contribution in [1.82, 2.24) is 4.37 Å². The highest BCUT2D eigenvalue weighted by molar-refractivity contribution is 7.12. The third kappa shape index (κ3) is 2.18. The van der Waals surface area contributed by atoms with E-state index in [1.807, 2.05) is 26.0 Å². The van der Waals surface area contributed by atoms with Gasteiger partial charge in [0.15, 0.2) is 0 Å². The van der Waals surface area contributed by atoms with E-state index >= 15 is 0 Å². The van der Waals surface area contributed by atoms with E-state index in [-0.39, 0.29) is 11.8 Å². The standard InChI is InChI=1S/C11H11ClN2OS/c1-6(2)10(15)13-11-8-5-7(12)3-4-9(8)14-16-11/h3-6H,1-2H3,(H,13,15). The molecule has 16 heavy (non-hydrogen) atoms. The van der Waals surface area contributed by atoms with Crippen molar-refractivity contribution < 1.29 is 4.79 Å². The number of anilines is 1. The highest BCUT2D eigenvalue weighted by atomic mass is 35.5. The minimum absolute atomic E-state index is 0.00877. The van der Waals surface area contributed by atoms with Gasteiger partial charge in [0, 0.05) is 16.3 Å². The number of amides is 1. The third-order valence-corrected chi connectivity index (χ3v) is 3.23. The summed E-state index contributed by atoms with van der Waals surface area (Å²) in [4.78, 5) is 11.6. The topological polar surface area (TPSA) is 42.0 Å². The van der Waals surface area contributed by atoms with Crippen LogP contribution >= 0.6 is 23.1 Å². The molecule has 1 aromatic heterocycles. The first-order valence-electron chi connectivity index (χ1n) is 4.93. The van der Waals surface area contributed by atoms with Crippen molar-refractivity contribution in [2.24, 2.45) is 5.92 Å². The van der Waals surface area contributed by atoms with Crippen LogP contribution in [0.25, 0.3) is 10.9 Å². The molecule has 0 saturated heterocycles. The van der Waals surface area contributed by atoms with Gasteiger partial charge in [-0.2, -0.15) is 4.37 Å². The van der Waals surface area contributed by atoms with E-state index in [0.29, 0.717) is 5.02 Å². The molecule has 0 aliphatic heterocycles. The molecule has 84 valence electrons. The van der Waals surface area contributed by atoms with Crippen LogP contribution in [0.3, 0.4) is 0 Å². The summed E-state index contributed by atoms with van der Waals surface area (Å²) in [6.45, 7) is 3.71. The third-order valence-electron chi connectivity index (χ3n) is 2.20. The van der Waals surface area contributed by atoms with Crippen molar-refractivity contribution in [3.63, 3.8) is 0 Å². The minimum atomic E-state index is -0.0451. The maximum Gasteiger partial charge on any atom is 0.227 e. The second-order valence-electron chi connectivity index (χ2n) is 3.82. The molecular formula is C11H11ClN2OS. The van der Waals surface area contributed by atoms with Gasteiger partial charge in [-0.25, -0.2) is 0 Å². The Labute approximate surface area is 103 Å². The van der Waals surface area contributed by atoms with Gasteiger partial charge in [-0.1, -0.05) is 25.4 Å². The van der Waals surface area contributed by atoms with Crippen molar-refractivity contribution in [3.05, 3.63) is 23.2 Å². The van der Waals surface area contributed by atoms with E-state index in [1.54, 1.807) is 6.07 Å². The lowest BCUT2D eigenvalue weighted by Crippen LogP contribution is -2.16. The second-order valence-corrected chi connectivity index (χ2v) is 5.03. The smallest absolute Gasteiger partial charge is 0.227 e. The Hall–Kier alpha value is -1.13. The van der Waals surface area contributed by atoms with Gasteiger partial charge in [-0.15, -0.1) is 0 Å². The predicted molar refractivity (Wildman–Crippen MR) is 68.1 cm³/mol. The number of hydrogen-bond acceptors (Lipinski definition) is 3. The van der Waals surface area contributed by atoms with Gasteiger partial charge >= 0.3 is 0 Å². The highest BCUT2D eigenvalue weighted by Crippen LogP contribution is 2.30. The van der Waals surface area contributed by atoms with Crippen molar-refractivity contribution in [1.29, 1.82) is 0 Å². The molecule has 0 radical (unpaired) electrons. The summed E-state index contributed by atoms with van der Waals surface area (Å²) in [6, 6.07) is 5.45. The van der Waals surface area contributed by atoms with Crippen molar-refractivity contribution in [3.8, 4) is 0 Å². The number of fused-ring (bicyclic) bond motifs is 1. The van der Waals surface area contributed by atoms with Crippen LogP contribution in [0.15, 0.2) is 18.2 Å². The Bertz CT molecular complexity index is 536. The van der Waals surface area contributed by atoms with E-state index in [4.69, 9.17) is 11.6 Å². The summed E-state index contributed by atoms with van der Waals surface area (Å²) in [5.74, 6) is -0.0538. The molecule has 2 aromatic rings. The molecule has 1 heterocycles. The Kier molecular flexibility index (Phi) is 3.12. The largest absolute Gasteiger partial charge is 0.316 e. The number of nitrogens with one attached hydrogen (secondary N) is 1. The van der Waals surface area contributed by atoms with Gasteiger partial charge in [-0.05, 0) is 29.7 Å². The van der Waals surface area contributed by atoms with E-state index in [2.05, 4.69) is 9.69 Å². The molecule has 0 bridgehead atoms. The van der Waals surface area contributed by atoms with Crippen molar-refractivity contribution >= 4 is 44.9 Å². The average molecular weight is 255 g/mol. The van der Waals surface area contributed by atoms with E-state index in [9.17, 15) is 4.79 Å². The number of hydrogen-bond donors (Lipinski definition) is 1. The summed E-state index contributed by atoms with van der Waals surface area (Å²) in [7, 11) is 0. The fourth-order valence-electron chi connectivity index (χ4n) is 1.26. The summed E-state index contributed by atoms with van der Waals surface area (Å²) in [6.07, 6.45) is 0. The van der Waals surface area contributed by atoms with E-state index in [1.165, 1.54) is 11.5 Å². The van der Waals surface area contributed by atoms with Crippen LogP contribution in [0.1, 0.15) is 13.8 Å². The van der Waals surface area contributed by atoms with Crippen molar-refractivity contribution in [2.45, 2.75) is 13.8 Å². The van der Waals surface area contributed by atoms with Gasteiger partial charge in [0.25, 0.3) is 0 Å². The zero-order valence-corrected chi connectivity index (χ0v) is 10.5. The van der Waals surface area contributed by atoms with Crippen LogP contribution in [0.2, 0.25) is 5.02 Å². The van der Waals surface area contributed by atoms with E-state index in [0.717, 1.165) is 15.9 Å². The molecule has 0 atom stereocenters. The minimum Gasteiger partial charge on any atom is -0.316 e. The molecule has 0 unspecified atom stereocenters. The molecule has 0 saturated carbocycles.